The zero-order valence-corrected chi connectivity index (χ0v) is 9.64. The molecular formula is C13H10ClF2N. The zero-order chi connectivity index (χ0) is 12.3. The van der Waals surface area contributed by atoms with Crippen molar-refractivity contribution < 1.29 is 8.78 Å². The fourth-order valence-corrected chi connectivity index (χ4v) is 1.67. The third-order valence-corrected chi connectivity index (χ3v) is 2.73. The van der Waals surface area contributed by atoms with Gasteiger partial charge in [-0.3, -0.25) is 0 Å². The highest BCUT2D eigenvalue weighted by Crippen LogP contribution is 2.19. The molecule has 1 N–H and O–H groups in total. The fraction of sp³-hybridized carbons (Fsp3) is 0.0769. The molecule has 4 heteroatoms. The summed E-state index contributed by atoms with van der Waals surface area (Å²) in [5, 5.41) is 3.48. The number of hydrogen-bond donors (Lipinski definition) is 1. The highest BCUT2D eigenvalue weighted by molar-refractivity contribution is 6.31. The van der Waals surface area contributed by atoms with Gasteiger partial charge in [0, 0.05) is 17.6 Å². The van der Waals surface area contributed by atoms with Gasteiger partial charge in [0.1, 0.15) is 11.6 Å². The summed E-state index contributed by atoms with van der Waals surface area (Å²) < 4.78 is 26.0. The van der Waals surface area contributed by atoms with Crippen molar-refractivity contribution in [3.05, 3.63) is 64.7 Å². The first-order valence-corrected chi connectivity index (χ1v) is 5.47. The van der Waals surface area contributed by atoms with E-state index in [2.05, 4.69) is 5.32 Å². The molecule has 17 heavy (non-hydrogen) atoms. The molecule has 0 aliphatic carbocycles. The maximum Gasteiger partial charge on any atom is 0.149 e. The van der Waals surface area contributed by atoms with E-state index < -0.39 is 11.6 Å². The molecule has 0 bridgehead atoms. The van der Waals surface area contributed by atoms with E-state index in [-0.39, 0.29) is 5.69 Å². The molecule has 0 saturated heterocycles. The van der Waals surface area contributed by atoms with E-state index in [0.717, 1.165) is 11.6 Å². The lowest BCUT2D eigenvalue weighted by Crippen LogP contribution is -2.02. The van der Waals surface area contributed by atoms with Crippen molar-refractivity contribution >= 4 is 17.3 Å². The number of hydrogen-bond acceptors (Lipinski definition) is 1. The quantitative estimate of drug-likeness (QED) is 0.863. The molecule has 0 heterocycles. The van der Waals surface area contributed by atoms with Gasteiger partial charge in [-0.05, 0) is 23.8 Å². The second kappa shape index (κ2) is 5.15. The maximum atomic E-state index is 13.3. The standard InChI is InChI=1S/C13H10ClF2N/c14-11-4-2-1-3-9(11)8-17-13-6-5-10(15)7-12(13)16/h1-7,17H,8H2. The van der Waals surface area contributed by atoms with Crippen LogP contribution in [0.2, 0.25) is 5.02 Å². The Morgan fingerprint density at radius 2 is 1.82 bits per heavy atom. The lowest BCUT2D eigenvalue weighted by Gasteiger charge is -2.08. The molecule has 0 aliphatic heterocycles. The van der Waals surface area contributed by atoms with Crippen molar-refractivity contribution in [3.8, 4) is 0 Å². The second-order valence-corrected chi connectivity index (χ2v) is 3.98. The predicted octanol–water partition coefficient (Wildman–Crippen LogP) is 4.23. The first kappa shape index (κ1) is 11.9. The summed E-state index contributed by atoms with van der Waals surface area (Å²) in [6, 6.07) is 10.7. The van der Waals surface area contributed by atoms with Gasteiger partial charge in [-0.25, -0.2) is 8.78 Å². The average Bonchev–Trinajstić information content (AvgIpc) is 2.30. The van der Waals surface area contributed by atoms with Gasteiger partial charge in [-0.1, -0.05) is 29.8 Å². The van der Waals surface area contributed by atoms with Gasteiger partial charge in [-0.15, -0.1) is 0 Å². The van der Waals surface area contributed by atoms with Crippen LogP contribution in [-0.2, 0) is 6.54 Å². The topological polar surface area (TPSA) is 12.0 Å². The van der Waals surface area contributed by atoms with Crippen LogP contribution >= 0.6 is 11.6 Å². The molecule has 2 rings (SSSR count). The lowest BCUT2D eigenvalue weighted by atomic mass is 10.2. The first-order chi connectivity index (χ1) is 8.16. The molecule has 0 radical (unpaired) electrons. The van der Waals surface area contributed by atoms with E-state index in [1.165, 1.54) is 12.1 Å². The number of benzene rings is 2. The van der Waals surface area contributed by atoms with E-state index >= 15 is 0 Å². The van der Waals surface area contributed by atoms with Crippen molar-refractivity contribution in [2.45, 2.75) is 6.54 Å². The van der Waals surface area contributed by atoms with Crippen LogP contribution in [0.3, 0.4) is 0 Å². The van der Waals surface area contributed by atoms with Gasteiger partial charge in [0.2, 0.25) is 0 Å². The highest BCUT2D eigenvalue weighted by atomic mass is 35.5. The third kappa shape index (κ3) is 2.94. The Labute approximate surface area is 103 Å². The first-order valence-electron chi connectivity index (χ1n) is 5.09. The van der Waals surface area contributed by atoms with Crippen LogP contribution in [0.15, 0.2) is 42.5 Å². The molecule has 0 aliphatic rings. The van der Waals surface area contributed by atoms with Gasteiger partial charge < -0.3 is 5.32 Å². The molecular weight excluding hydrogens is 244 g/mol. The predicted molar refractivity (Wildman–Crippen MR) is 65.1 cm³/mol. The van der Waals surface area contributed by atoms with Gasteiger partial charge >= 0.3 is 0 Å². The van der Waals surface area contributed by atoms with E-state index in [1.54, 1.807) is 6.07 Å². The number of nitrogens with one attached hydrogen (secondary N) is 1. The molecule has 0 aromatic heterocycles. The van der Waals surface area contributed by atoms with Crippen molar-refractivity contribution in [1.29, 1.82) is 0 Å². The summed E-state index contributed by atoms with van der Waals surface area (Å²) in [4.78, 5) is 0. The van der Waals surface area contributed by atoms with Crippen molar-refractivity contribution in [2.75, 3.05) is 5.32 Å². The normalized spacial score (nSPS) is 10.3. The Balaban J connectivity index is 2.10. The van der Waals surface area contributed by atoms with Crippen LogP contribution in [0.1, 0.15) is 5.56 Å². The molecule has 1 nitrogen and oxygen atoms in total. The fourth-order valence-electron chi connectivity index (χ4n) is 1.47. The summed E-state index contributed by atoms with van der Waals surface area (Å²) in [5.74, 6) is -1.21. The monoisotopic (exact) mass is 253 g/mol. The lowest BCUT2D eigenvalue weighted by molar-refractivity contribution is 0.585. The van der Waals surface area contributed by atoms with Crippen LogP contribution in [-0.4, -0.2) is 0 Å². The van der Waals surface area contributed by atoms with Crippen LogP contribution in [0, 0.1) is 11.6 Å². The van der Waals surface area contributed by atoms with Crippen LogP contribution < -0.4 is 5.32 Å². The van der Waals surface area contributed by atoms with Gasteiger partial charge in [0.05, 0.1) is 5.69 Å². The molecule has 2 aromatic rings. The minimum Gasteiger partial charge on any atom is -0.379 e. The number of anilines is 1. The zero-order valence-electron chi connectivity index (χ0n) is 8.88. The summed E-state index contributed by atoms with van der Waals surface area (Å²) in [7, 11) is 0. The Morgan fingerprint density at radius 1 is 1.06 bits per heavy atom. The van der Waals surface area contributed by atoms with E-state index in [4.69, 9.17) is 11.6 Å². The largest absolute Gasteiger partial charge is 0.379 e. The summed E-state index contributed by atoms with van der Waals surface area (Å²) in [5.41, 5.74) is 1.12. The van der Waals surface area contributed by atoms with Crippen LogP contribution in [0.5, 0.6) is 0 Å². The van der Waals surface area contributed by atoms with Crippen molar-refractivity contribution in [3.63, 3.8) is 0 Å². The number of halogens is 3. The second-order valence-electron chi connectivity index (χ2n) is 3.57. The van der Waals surface area contributed by atoms with Gasteiger partial charge in [-0.2, -0.15) is 0 Å². The minimum absolute atomic E-state index is 0.256. The van der Waals surface area contributed by atoms with Crippen molar-refractivity contribution in [2.24, 2.45) is 0 Å². The minimum atomic E-state index is -0.614. The number of rotatable bonds is 3. The van der Waals surface area contributed by atoms with Crippen molar-refractivity contribution in [1.82, 2.24) is 0 Å². The summed E-state index contributed by atoms with van der Waals surface area (Å²) in [6.45, 7) is 0.391. The maximum absolute atomic E-state index is 13.3. The molecule has 0 fully saturated rings. The highest BCUT2D eigenvalue weighted by Gasteiger charge is 2.04. The summed E-state index contributed by atoms with van der Waals surface area (Å²) in [6.07, 6.45) is 0. The molecule has 2 aromatic carbocycles. The molecule has 0 atom stereocenters. The Morgan fingerprint density at radius 3 is 2.53 bits per heavy atom. The molecule has 0 amide bonds. The molecule has 0 saturated carbocycles. The molecule has 88 valence electrons. The van der Waals surface area contributed by atoms with E-state index in [1.807, 2.05) is 18.2 Å². The SMILES string of the molecule is Fc1ccc(NCc2ccccc2Cl)c(F)c1. The Bertz CT molecular complexity index is 529. The molecule has 0 spiro atoms. The summed E-state index contributed by atoms with van der Waals surface area (Å²) >= 11 is 5.96. The smallest absolute Gasteiger partial charge is 0.149 e. The molecule has 0 unspecified atom stereocenters. The van der Waals surface area contributed by atoms with Gasteiger partial charge in [0.15, 0.2) is 0 Å². The Hall–Kier alpha value is -1.61. The Kier molecular flexibility index (Phi) is 3.59. The third-order valence-electron chi connectivity index (χ3n) is 2.36. The van der Waals surface area contributed by atoms with E-state index in [9.17, 15) is 8.78 Å². The van der Waals surface area contributed by atoms with E-state index in [0.29, 0.717) is 11.6 Å². The van der Waals surface area contributed by atoms with Crippen LogP contribution in [0.25, 0.3) is 0 Å². The van der Waals surface area contributed by atoms with Crippen LogP contribution in [0.4, 0.5) is 14.5 Å². The average molecular weight is 254 g/mol. The van der Waals surface area contributed by atoms with Gasteiger partial charge in [0.25, 0.3) is 0 Å².